The van der Waals surface area contributed by atoms with Gasteiger partial charge < -0.3 is 15.4 Å². The number of nitrogens with zero attached hydrogens (tertiary/aromatic N) is 2. The molecule has 0 saturated carbocycles. The molecule has 0 radical (unpaired) electrons. The topological polar surface area (TPSA) is 67.2 Å². The molecule has 0 aromatic heterocycles. The highest BCUT2D eigenvalue weighted by Crippen LogP contribution is 2.33. The maximum absolute atomic E-state index is 12.5. The van der Waals surface area contributed by atoms with Gasteiger partial charge in [0.15, 0.2) is 5.69 Å². The third-order valence-corrected chi connectivity index (χ3v) is 4.76. The van der Waals surface area contributed by atoms with E-state index in [-0.39, 0.29) is 5.17 Å². The van der Waals surface area contributed by atoms with E-state index in [4.69, 9.17) is 0 Å². The van der Waals surface area contributed by atoms with Crippen LogP contribution >= 0.6 is 0 Å². The minimum atomic E-state index is -0.0137. The minimum Gasteiger partial charge on any atom is -0.603 e. The number of aliphatic imine (C=N–C) groups is 1. The zero-order valence-corrected chi connectivity index (χ0v) is 14.8. The van der Waals surface area contributed by atoms with E-state index >= 15 is 0 Å². The van der Waals surface area contributed by atoms with Gasteiger partial charge in [0.05, 0.1) is 6.54 Å². The molecule has 0 bridgehead atoms. The maximum Gasteiger partial charge on any atom is 0.243 e. The third-order valence-electron chi connectivity index (χ3n) is 4.76. The highest BCUT2D eigenvalue weighted by Gasteiger charge is 2.27. The second-order valence-corrected chi connectivity index (χ2v) is 6.63. The Labute approximate surface area is 144 Å². The molecule has 1 aromatic rings. The number of hydrogen-bond donors (Lipinski definition) is 3. The molecule has 3 rings (SSSR count). The van der Waals surface area contributed by atoms with Crippen LogP contribution in [0.1, 0.15) is 44.2 Å². The van der Waals surface area contributed by atoms with Crippen molar-refractivity contribution in [1.29, 1.82) is 0 Å². The van der Waals surface area contributed by atoms with Crippen molar-refractivity contribution in [3.8, 4) is 0 Å². The van der Waals surface area contributed by atoms with Crippen molar-refractivity contribution >= 4 is 17.3 Å². The van der Waals surface area contributed by atoms with Crippen LogP contribution in [0.5, 0.6) is 0 Å². The maximum atomic E-state index is 12.5. The van der Waals surface area contributed by atoms with E-state index in [0.29, 0.717) is 12.5 Å². The van der Waals surface area contributed by atoms with Crippen LogP contribution < -0.4 is 15.9 Å². The van der Waals surface area contributed by atoms with Gasteiger partial charge in [0.2, 0.25) is 5.96 Å². The lowest BCUT2D eigenvalue weighted by Crippen LogP contribution is -3.12. The van der Waals surface area contributed by atoms with Crippen molar-refractivity contribution in [2.45, 2.75) is 46.0 Å². The molecule has 1 unspecified atom stereocenters. The summed E-state index contributed by atoms with van der Waals surface area (Å²) in [6.07, 6.45) is 5.55. The predicted molar refractivity (Wildman–Crippen MR) is 98.5 cm³/mol. The van der Waals surface area contributed by atoms with E-state index in [1.165, 1.54) is 11.1 Å². The lowest BCUT2D eigenvalue weighted by atomic mass is 10.1. The van der Waals surface area contributed by atoms with E-state index in [2.05, 4.69) is 40.5 Å². The number of benzene rings is 1. The van der Waals surface area contributed by atoms with Crippen LogP contribution in [0.3, 0.4) is 0 Å². The van der Waals surface area contributed by atoms with Crippen LogP contribution in [-0.2, 0) is 12.8 Å². The van der Waals surface area contributed by atoms with Crippen molar-refractivity contribution in [3.63, 3.8) is 0 Å². The predicted octanol–water partition coefficient (Wildman–Crippen LogP) is 1.60. The SMILES string of the molecule is CCCN(CCC)CCN=C1Nc2ccc3c(c2[NH+]([O-])N1)CCC3. The lowest BCUT2D eigenvalue weighted by Gasteiger charge is -2.32. The normalized spacial score (nSPS) is 20.7. The van der Waals surface area contributed by atoms with Gasteiger partial charge in [-0.2, -0.15) is 5.43 Å². The zero-order chi connectivity index (χ0) is 16.9. The molecule has 6 heteroatoms. The smallest absolute Gasteiger partial charge is 0.243 e. The van der Waals surface area contributed by atoms with Gasteiger partial charge in [0.1, 0.15) is 5.69 Å². The fraction of sp³-hybridized carbons (Fsp3) is 0.611. The third kappa shape index (κ3) is 3.71. The Morgan fingerprint density at radius 2 is 1.96 bits per heavy atom. The fourth-order valence-electron chi connectivity index (χ4n) is 3.71. The first-order chi connectivity index (χ1) is 11.7. The highest BCUT2D eigenvalue weighted by atomic mass is 16.5. The fourth-order valence-corrected chi connectivity index (χ4v) is 3.71. The van der Waals surface area contributed by atoms with Gasteiger partial charge in [-0.15, -0.1) is 0 Å². The largest absolute Gasteiger partial charge is 0.603 e. The molecule has 132 valence electrons. The number of fused-ring (bicyclic) bond motifs is 3. The van der Waals surface area contributed by atoms with E-state index < -0.39 is 0 Å². The summed E-state index contributed by atoms with van der Waals surface area (Å²) in [5, 5.41) is 15.8. The van der Waals surface area contributed by atoms with Gasteiger partial charge in [-0.25, -0.2) is 10.2 Å². The van der Waals surface area contributed by atoms with Gasteiger partial charge in [-0.3, -0.25) is 0 Å². The Morgan fingerprint density at radius 3 is 2.71 bits per heavy atom. The van der Waals surface area contributed by atoms with Crippen LogP contribution in [0, 0.1) is 5.21 Å². The van der Waals surface area contributed by atoms with Crippen molar-refractivity contribution in [3.05, 3.63) is 28.5 Å². The molecule has 24 heavy (non-hydrogen) atoms. The zero-order valence-electron chi connectivity index (χ0n) is 14.8. The number of rotatable bonds is 7. The quantitative estimate of drug-likeness (QED) is 0.664. The highest BCUT2D eigenvalue weighted by molar-refractivity contribution is 5.97. The molecule has 1 aromatic carbocycles. The van der Waals surface area contributed by atoms with Gasteiger partial charge in [-0.1, -0.05) is 19.9 Å². The Morgan fingerprint density at radius 1 is 1.17 bits per heavy atom. The van der Waals surface area contributed by atoms with Crippen LogP contribution in [-0.4, -0.2) is 37.0 Å². The molecular weight excluding hydrogens is 302 g/mol. The van der Waals surface area contributed by atoms with Crippen molar-refractivity contribution in [2.24, 2.45) is 4.99 Å². The number of aryl methyl sites for hydroxylation is 1. The summed E-state index contributed by atoms with van der Waals surface area (Å²) >= 11 is 0. The molecule has 0 spiro atoms. The number of nitrogens with one attached hydrogen (secondary N) is 3. The second kappa shape index (κ2) is 7.96. The number of guanidine groups is 1. The molecule has 0 saturated heterocycles. The summed E-state index contributed by atoms with van der Waals surface area (Å²) in [5.41, 5.74) is 7.18. The summed E-state index contributed by atoms with van der Waals surface area (Å²) in [6, 6.07) is 4.17. The summed E-state index contributed by atoms with van der Waals surface area (Å²) in [4.78, 5) is 6.99. The van der Waals surface area contributed by atoms with Crippen molar-refractivity contribution < 1.29 is 5.17 Å². The molecular formula is C18H29N5O. The molecule has 3 N–H and O–H groups in total. The monoisotopic (exact) mass is 331 g/mol. The van der Waals surface area contributed by atoms with E-state index in [9.17, 15) is 5.21 Å². The van der Waals surface area contributed by atoms with Crippen LogP contribution in [0.2, 0.25) is 0 Å². The minimum absolute atomic E-state index is 0.0137. The molecule has 1 aliphatic carbocycles. The Kier molecular flexibility index (Phi) is 5.71. The first-order valence-electron chi connectivity index (χ1n) is 9.22. The summed E-state index contributed by atoms with van der Waals surface area (Å²) in [5.74, 6) is 0.582. The summed E-state index contributed by atoms with van der Waals surface area (Å²) in [6.45, 7) is 8.24. The number of hydrogen-bond acceptors (Lipinski definition) is 3. The molecule has 0 fully saturated rings. The van der Waals surface area contributed by atoms with Crippen LogP contribution in [0.4, 0.5) is 11.4 Å². The Hall–Kier alpha value is -1.63. The average molecular weight is 331 g/mol. The van der Waals surface area contributed by atoms with Crippen LogP contribution in [0.15, 0.2) is 17.1 Å². The first-order valence-corrected chi connectivity index (χ1v) is 9.22. The number of anilines is 1. The second-order valence-electron chi connectivity index (χ2n) is 6.63. The van der Waals surface area contributed by atoms with E-state index in [0.717, 1.165) is 63.1 Å². The summed E-state index contributed by atoms with van der Waals surface area (Å²) < 4.78 is 0. The van der Waals surface area contributed by atoms with Crippen molar-refractivity contribution in [2.75, 3.05) is 31.5 Å². The lowest BCUT2D eigenvalue weighted by molar-refractivity contribution is -0.816. The molecule has 2 aliphatic rings. The molecule has 6 nitrogen and oxygen atoms in total. The van der Waals surface area contributed by atoms with Gasteiger partial charge in [-0.05, 0) is 56.8 Å². The summed E-state index contributed by atoms with van der Waals surface area (Å²) in [7, 11) is 0. The standard InChI is InChI=1S/C18H29N5O/c1-3-11-22(12-4-2)13-10-19-18-20-16-9-8-14-6-5-7-15(14)17(16)23(24)21-18/h8-9,23H,3-7,10-13H2,1-2H3,(H2,19,20,21). The first kappa shape index (κ1) is 17.2. The molecule has 1 heterocycles. The number of quaternary nitrogens is 1. The molecule has 1 atom stereocenters. The van der Waals surface area contributed by atoms with Gasteiger partial charge >= 0.3 is 0 Å². The van der Waals surface area contributed by atoms with E-state index in [1.807, 2.05) is 6.07 Å². The Bertz CT molecular complexity index is 595. The van der Waals surface area contributed by atoms with Gasteiger partial charge in [0, 0.05) is 12.1 Å². The van der Waals surface area contributed by atoms with Crippen LogP contribution in [0.25, 0.3) is 0 Å². The van der Waals surface area contributed by atoms with Crippen molar-refractivity contribution in [1.82, 2.24) is 10.3 Å². The Balaban J connectivity index is 1.65. The average Bonchev–Trinajstić information content (AvgIpc) is 3.03. The van der Waals surface area contributed by atoms with Gasteiger partial charge in [0.25, 0.3) is 0 Å². The molecule has 0 amide bonds. The van der Waals surface area contributed by atoms with E-state index in [1.54, 1.807) is 0 Å². The molecule has 1 aliphatic heterocycles.